The van der Waals surface area contributed by atoms with Crippen LogP contribution < -0.4 is 11.1 Å². The van der Waals surface area contributed by atoms with Crippen LogP contribution in [0.2, 0.25) is 0 Å². The lowest BCUT2D eigenvalue weighted by atomic mass is 10.1. The van der Waals surface area contributed by atoms with Gasteiger partial charge in [0.15, 0.2) is 0 Å². The van der Waals surface area contributed by atoms with E-state index in [2.05, 4.69) is 15.3 Å². The molecule has 1 aliphatic rings. The molecule has 1 aromatic rings. The molecule has 2 rings (SSSR count). The van der Waals surface area contributed by atoms with Gasteiger partial charge in [0.25, 0.3) is 0 Å². The number of hydrogen-bond acceptors (Lipinski definition) is 5. The number of nitrogens with one attached hydrogen (secondary N) is 1. The predicted molar refractivity (Wildman–Crippen MR) is 67.0 cm³/mol. The van der Waals surface area contributed by atoms with Crippen molar-refractivity contribution in [2.24, 2.45) is 5.73 Å². The first-order chi connectivity index (χ1) is 8.68. The maximum Gasteiger partial charge on any atom is 0.248 e. The van der Waals surface area contributed by atoms with Gasteiger partial charge in [0.1, 0.15) is 18.2 Å². The van der Waals surface area contributed by atoms with Crippen molar-refractivity contribution in [3.8, 4) is 0 Å². The van der Waals surface area contributed by atoms with Crippen molar-refractivity contribution in [3.05, 3.63) is 17.6 Å². The number of aliphatic hydroxyl groups excluding tert-OH is 1. The fourth-order valence-corrected chi connectivity index (χ4v) is 2.14. The Hall–Kier alpha value is -1.69. The monoisotopic (exact) mass is 250 g/mol. The summed E-state index contributed by atoms with van der Waals surface area (Å²) in [6.07, 6.45) is 5.68. The van der Waals surface area contributed by atoms with Crippen LogP contribution in [0.3, 0.4) is 0 Å². The lowest BCUT2D eigenvalue weighted by molar-refractivity contribution is -0.125. The molecule has 6 nitrogen and oxygen atoms in total. The van der Waals surface area contributed by atoms with Gasteiger partial charge in [-0.05, 0) is 25.7 Å². The van der Waals surface area contributed by atoms with Crippen molar-refractivity contribution in [2.75, 3.05) is 11.9 Å². The van der Waals surface area contributed by atoms with E-state index in [0.29, 0.717) is 5.82 Å². The molecular weight excluding hydrogens is 232 g/mol. The number of rotatable bonds is 4. The first-order valence-electron chi connectivity index (χ1n) is 6.22. The zero-order chi connectivity index (χ0) is 13.0. The van der Waals surface area contributed by atoms with Gasteiger partial charge >= 0.3 is 0 Å². The van der Waals surface area contributed by atoms with Crippen LogP contribution in [0.1, 0.15) is 30.5 Å². The normalized spacial score (nSPS) is 16.5. The van der Waals surface area contributed by atoms with Crippen molar-refractivity contribution in [1.82, 2.24) is 9.97 Å². The van der Waals surface area contributed by atoms with E-state index in [1.807, 2.05) is 0 Å². The van der Waals surface area contributed by atoms with E-state index in [1.165, 1.54) is 12.7 Å². The molecule has 1 atom stereocenters. The standard InChI is InChI=1S/C12H18N4O2/c13-11(18)10(17)6-14-12-8-4-2-1-3-5-9(8)15-7-16-12/h7,10,17H,1-6H2,(H2,13,18)(H,14,15,16). The number of fused-ring (bicyclic) bond motifs is 1. The van der Waals surface area contributed by atoms with Crippen LogP contribution in [0.5, 0.6) is 0 Å². The SMILES string of the molecule is NC(=O)C(O)CNc1ncnc2c1CCCCC2. The Kier molecular flexibility index (Phi) is 4.09. The predicted octanol–water partition coefficient (Wildman–Crippen LogP) is 0.00360. The Morgan fingerprint density at radius 2 is 2.17 bits per heavy atom. The average molecular weight is 250 g/mol. The summed E-state index contributed by atoms with van der Waals surface area (Å²) in [5, 5.41) is 12.3. The summed E-state index contributed by atoms with van der Waals surface area (Å²) in [5.74, 6) is -0.0233. The summed E-state index contributed by atoms with van der Waals surface area (Å²) in [7, 11) is 0. The number of aromatic nitrogens is 2. The minimum atomic E-state index is -1.19. The van der Waals surface area contributed by atoms with E-state index >= 15 is 0 Å². The fraction of sp³-hybridized carbons (Fsp3) is 0.583. The number of carbonyl (C=O) groups is 1. The van der Waals surface area contributed by atoms with Crippen LogP contribution in [-0.2, 0) is 17.6 Å². The van der Waals surface area contributed by atoms with Gasteiger partial charge in [0.2, 0.25) is 5.91 Å². The number of aliphatic hydroxyl groups is 1. The van der Waals surface area contributed by atoms with Crippen LogP contribution in [0, 0.1) is 0 Å². The molecule has 0 aliphatic heterocycles. The van der Waals surface area contributed by atoms with Crippen molar-refractivity contribution in [2.45, 2.75) is 38.2 Å². The summed E-state index contributed by atoms with van der Waals surface area (Å²) in [5.41, 5.74) is 7.17. The first kappa shape index (κ1) is 12.8. The quantitative estimate of drug-likeness (QED) is 0.653. The zero-order valence-corrected chi connectivity index (χ0v) is 10.2. The molecule has 0 saturated carbocycles. The molecule has 0 bridgehead atoms. The molecule has 0 saturated heterocycles. The maximum atomic E-state index is 10.8. The van der Waals surface area contributed by atoms with Crippen molar-refractivity contribution in [1.29, 1.82) is 0 Å². The molecule has 1 heterocycles. The van der Waals surface area contributed by atoms with Crippen LogP contribution in [0.25, 0.3) is 0 Å². The van der Waals surface area contributed by atoms with E-state index < -0.39 is 12.0 Å². The molecule has 18 heavy (non-hydrogen) atoms. The number of primary amides is 1. The summed E-state index contributed by atoms with van der Waals surface area (Å²) in [4.78, 5) is 19.2. The highest BCUT2D eigenvalue weighted by Gasteiger charge is 2.16. The van der Waals surface area contributed by atoms with Gasteiger partial charge in [-0.3, -0.25) is 4.79 Å². The molecule has 1 aliphatic carbocycles. The molecule has 1 aromatic heterocycles. The van der Waals surface area contributed by atoms with Gasteiger partial charge in [-0.25, -0.2) is 9.97 Å². The maximum absolute atomic E-state index is 10.8. The molecule has 4 N–H and O–H groups in total. The van der Waals surface area contributed by atoms with Crippen molar-refractivity contribution in [3.63, 3.8) is 0 Å². The lowest BCUT2D eigenvalue weighted by Gasteiger charge is -2.13. The smallest absolute Gasteiger partial charge is 0.248 e. The topological polar surface area (TPSA) is 101 Å². The highest BCUT2D eigenvalue weighted by molar-refractivity contribution is 5.79. The van der Waals surface area contributed by atoms with Gasteiger partial charge in [0.05, 0.1) is 6.54 Å². The molecule has 0 spiro atoms. The largest absolute Gasteiger partial charge is 0.381 e. The fourth-order valence-electron chi connectivity index (χ4n) is 2.14. The third kappa shape index (κ3) is 2.95. The summed E-state index contributed by atoms with van der Waals surface area (Å²) in [6, 6.07) is 0. The highest BCUT2D eigenvalue weighted by atomic mass is 16.3. The second kappa shape index (κ2) is 5.77. The second-order valence-electron chi connectivity index (χ2n) is 4.51. The van der Waals surface area contributed by atoms with Crippen LogP contribution in [0.15, 0.2) is 6.33 Å². The summed E-state index contributed by atoms with van der Waals surface area (Å²) >= 11 is 0. The number of aryl methyl sites for hydroxylation is 1. The third-order valence-electron chi connectivity index (χ3n) is 3.17. The minimum absolute atomic E-state index is 0.0821. The van der Waals surface area contributed by atoms with E-state index in [0.717, 1.165) is 36.9 Å². The van der Waals surface area contributed by atoms with Gasteiger partial charge in [-0.15, -0.1) is 0 Å². The van der Waals surface area contributed by atoms with Gasteiger partial charge in [-0.2, -0.15) is 0 Å². The minimum Gasteiger partial charge on any atom is -0.381 e. The van der Waals surface area contributed by atoms with E-state index in [4.69, 9.17) is 5.73 Å². The van der Waals surface area contributed by atoms with Gasteiger partial charge in [-0.1, -0.05) is 6.42 Å². The Morgan fingerprint density at radius 3 is 2.94 bits per heavy atom. The van der Waals surface area contributed by atoms with E-state index in [9.17, 15) is 9.90 Å². The molecule has 1 unspecified atom stereocenters. The number of nitrogens with zero attached hydrogens (tertiary/aromatic N) is 2. The van der Waals surface area contributed by atoms with Crippen LogP contribution in [-0.4, -0.2) is 33.6 Å². The van der Waals surface area contributed by atoms with Gasteiger partial charge in [0, 0.05) is 11.3 Å². The summed E-state index contributed by atoms with van der Waals surface area (Å²) < 4.78 is 0. The first-order valence-corrected chi connectivity index (χ1v) is 6.22. The second-order valence-corrected chi connectivity index (χ2v) is 4.51. The van der Waals surface area contributed by atoms with Crippen LogP contribution in [0.4, 0.5) is 5.82 Å². The molecular formula is C12H18N4O2. The Morgan fingerprint density at radius 1 is 1.39 bits per heavy atom. The average Bonchev–Trinajstić information content (AvgIpc) is 2.61. The van der Waals surface area contributed by atoms with Crippen LogP contribution >= 0.6 is 0 Å². The van der Waals surface area contributed by atoms with E-state index in [1.54, 1.807) is 0 Å². The molecule has 0 fully saturated rings. The molecule has 6 heteroatoms. The summed E-state index contributed by atoms with van der Waals surface area (Å²) in [6.45, 7) is 0.0821. The molecule has 1 amide bonds. The number of anilines is 1. The van der Waals surface area contributed by atoms with E-state index in [-0.39, 0.29) is 6.54 Å². The Balaban J connectivity index is 2.11. The van der Waals surface area contributed by atoms with Crippen molar-refractivity contribution >= 4 is 11.7 Å². The zero-order valence-electron chi connectivity index (χ0n) is 10.2. The Labute approximate surface area is 106 Å². The highest BCUT2D eigenvalue weighted by Crippen LogP contribution is 2.23. The Bertz CT molecular complexity index is 436. The number of hydrogen-bond donors (Lipinski definition) is 3. The lowest BCUT2D eigenvalue weighted by Crippen LogP contribution is -2.34. The number of carbonyl (C=O) groups excluding carboxylic acids is 1. The molecule has 0 aromatic carbocycles. The van der Waals surface area contributed by atoms with Gasteiger partial charge < -0.3 is 16.2 Å². The third-order valence-corrected chi connectivity index (χ3v) is 3.17. The molecule has 0 radical (unpaired) electrons. The number of amides is 1. The van der Waals surface area contributed by atoms with Crippen molar-refractivity contribution < 1.29 is 9.90 Å². The molecule has 98 valence electrons. The number of nitrogens with two attached hydrogens (primary N) is 1.